The largest absolute Gasteiger partial charge is 0.449 e. The minimum absolute atomic E-state index is 0.337. The number of halogens is 1. The Morgan fingerprint density at radius 2 is 1.69 bits per heavy atom. The Hall–Kier alpha value is -4.47. The summed E-state index contributed by atoms with van der Waals surface area (Å²) in [4.78, 5) is 35.3. The molecule has 6 aromatic rings. The van der Waals surface area contributed by atoms with Crippen molar-refractivity contribution in [3.05, 3.63) is 102 Å². The summed E-state index contributed by atoms with van der Waals surface area (Å²) in [5, 5.41) is 7.21. The van der Waals surface area contributed by atoms with Gasteiger partial charge in [-0.3, -0.25) is 10.1 Å². The standard InChI is InChI=1S/C30H20FN3O3S2/c1-17(27(35)34-30-33-24(16-38-30)18-12-14-20(31)15-13-18)37-29(36)22-9-5-7-19-6-4-8-21(26(19)22)28-32-23-10-2-3-11-25(23)39-28/h2-17H,1H3,(H,33,34,35). The molecule has 0 radical (unpaired) electrons. The first-order chi connectivity index (χ1) is 19.0. The first-order valence-electron chi connectivity index (χ1n) is 12.1. The van der Waals surface area contributed by atoms with E-state index in [1.54, 1.807) is 41.0 Å². The number of benzene rings is 4. The summed E-state index contributed by atoms with van der Waals surface area (Å²) in [5.41, 5.74) is 3.42. The van der Waals surface area contributed by atoms with Crippen LogP contribution in [0.15, 0.2) is 90.3 Å². The van der Waals surface area contributed by atoms with Gasteiger partial charge in [0, 0.05) is 21.9 Å². The molecular formula is C30H20FN3O3S2. The van der Waals surface area contributed by atoms with Crippen LogP contribution >= 0.6 is 22.7 Å². The van der Waals surface area contributed by atoms with Crippen molar-refractivity contribution < 1.29 is 18.7 Å². The zero-order chi connectivity index (χ0) is 26.9. The summed E-state index contributed by atoms with van der Waals surface area (Å²) in [5.74, 6) is -1.45. The van der Waals surface area contributed by atoms with Crippen LogP contribution < -0.4 is 5.32 Å². The molecule has 9 heteroatoms. The Balaban J connectivity index is 1.23. The van der Waals surface area contributed by atoms with E-state index >= 15 is 0 Å². The van der Waals surface area contributed by atoms with Crippen molar-refractivity contribution >= 4 is 60.7 Å². The lowest BCUT2D eigenvalue weighted by atomic mass is 9.99. The van der Waals surface area contributed by atoms with Crippen molar-refractivity contribution in [2.75, 3.05) is 5.32 Å². The molecule has 6 nitrogen and oxygen atoms in total. The number of rotatable bonds is 6. The minimum atomic E-state index is -1.07. The Labute approximate surface area is 230 Å². The maximum absolute atomic E-state index is 13.3. The Kier molecular flexibility index (Phi) is 6.60. The van der Waals surface area contributed by atoms with Crippen LogP contribution in [0.3, 0.4) is 0 Å². The maximum atomic E-state index is 13.3. The highest BCUT2D eigenvalue weighted by molar-refractivity contribution is 7.21. The van der Waals surface area contributed by atoms with Gasteiger partial charge < -0.3 is 4.74 Å². The number of anilines is 1. The lowest BCUT2D eigenvalue weighted by Crippen LogP contribution is -2.30. The topological polar surface area (TPSA) is 81.2 Å². The molecule has 0 bridgehead atoms. The van der Waals surface area contributed by atoms with E-state index < -0.39 is 18.0 Å². The average molecular weight is 554 g/mol. The predicted molar refractivity (Wildman–Crippen MR) is 154 cm³/mol. The van der Waals surface area contributed by atoms with Crippen LogP contribution in [-0.4, -0.2) is 27.9 Å². The van der Waals surface area contributed by atoms with Crippen molar-refractivity contribution in [2.24, 2.45) is 0 Å². The van der Waals surface area contributed by atoms with E-state index in [-0.39, 0.29) is 5.82 Å². The van der Waals surface area contributed by atoms with E-state index in [4.69, 9.17) is 9.72 Å². The molecular weight excluding hydrogens is 533 g/mol. The number of carbonyl (C=O) groups excluding carboxylic acids is 2. The molecule has 2 aromatic heterocycles. The molecule has 4 aromatic carbocycles. The number of amides is 1. The third kappa shape index (κ3) is 5.01. The number of thiazole rings is 2. The van der Waals surface area contributed by atoms with Gasteiger partial charge in [0.15, 0.2) is 11.2 Å². The number of carbonyl (C=O) groups is 2. The fourth-order valence-corrected chi connectivity index (χ4v) is 5.97. The van der Waals surface area contributed by atoms with Gasteiger partial charge in [-0.25, -0.2) is 19.2 Å². The highest BCUT2D eigenvalue weighted by Crippen LogP contribution is 2.36. The number of ether oxygens (including phenoxy) is 1. The van der Waals surface area contributed by atoms with E-state index in [1.165, 1.54) is 30.4 Å². The lowest BCUT2D eigenvalue weighted by Gasteiger charge is -2.14. The van der Waals surface area contributed by atoms with Gasteiger partial charge in [0.25, 0.3) is 5.91 Å². The van der Waals surface area contributed by atoms with E-state index in [1.807, 2.05) is 48.5 Å². The van der Waals surface area contributed by atoms with Gasteiger partial charge in [-0.15, -0.1) is 22.7 Å². The molecule has 1 N–H and O–H groups in total. The third-order valence-corrected chi connectivity index (χ3v) is 8.00. The zero-order valence-corrected chi connectivity index (χ0v) is 22.2. The molecule has 0 fully saturated rings. The monoisotopic (exact) mass is 553 g/mol. The molecule has 1 amide bonds. The summed E-state index contributed by atoms with van der Waals surface area (Å²) in [6.45, 7) is 1.52. The molecule has 192 valence electrons. The van der Waals surface area contributed by atoms with Crippen LogP contribution in [0.5, 0.6) is 0 Å². The second-order valence-corrected chi connectivity index (χ2v) is 10.7. The molecule has 0 spiro atoms. The Morgan fingerprint density at radius 1 is 0.923 bits per heavy atom. The van der Waals surface area contributed by atoms with Gasteiger partial charge in [-0.1, -0.05) is 42.5 Å². The van der Waals surface area contributed by atoms with Crippen molar-refractivity contribution in [2.45, 2.75) is 13.0 Å². The number of hydrogen-bond acceptors (Lipinski definition) is 7. The molecule has 2 heterocycles. The van der Waals surface area contributed by atoms with Crippen molar-refractivity contribution in [3.63, 3.8) is 0 Å². The highest BCUT2D eigenvalue weighted by Gasteiger charge is 2.23. The molecule has 0 aliphatic heterocycles. The number of nitrogens with zero attached hydrogens (tertiary/aromatic N) is 2. The van der Waals surface area contributed by atoms with E-state index in [0.717, 1.165) is 37.1 Å². The molecule has 1 atom stereocenters. The Bertz CT molecular complexity index is 1810. The summed E-state index contributed by atoms with van der Waals surface area (Å²) in [6.07, 6.45) is -1.07. The number of nitrogens with one attached hydrogen (secondary N) is 1. The lowest BCUT2D eigenvalue weighted by molar-refractivity contribution is -0.123. The molecule has 0 aliphatic carbocycles. The Morgan fingerprint density at radius 3 is 2.49 bits per heavy atom. The first-order valence-corrected chi connectivity index (χ1v) is 13.8. The quantitative estimate of drug-likeness (QED) is 0.215. The van der Waals surface area contributed by atoms with Crippen molar-refractivity contribution in [1.82, 2.24) is 9.97 Å². The van der Waals surface area contributed by atoms with Crippen LogP contribution in [0.25, 0.3) is 42.8 Å². The number of fused-ring (bicyclic) bond motifs is 2. The number of aromatic nitrogens is 2. The number of para-hydroxylation sites is 1. The third-order valence-electron chi connectivity index (χ3n) is 6.18. The molecule has 6 rings (SSSR count). The molecule has 0 aliphatic rings. The summed E-state index contributed by atoms with van der Waals surface area (Å²) in [6, 6.07) is 25.0. The first kappa shape index (κ1) is 24.8. The van der Waals surface area contributed by atoms with Gasteiger partial charge >= 0.3 is 5.97 Å². The highest BCUT2D eigenvalue weighted by atomic mass is 32.1. The number of esters is 1. The summed E-state index contributed by atoms with van der Waals surface area (Å²) in [7, 11) is 0. The SMILES string of the molecule is CC(OC(=O)c1cccc2cccc(-c3nc4ccccc4s3)c12)C(=O)Nc1nc(-c2ccc(F)cc2)cs1. The minimum Gasteiger partial charge on any atom is -0.449 e. The van der Waals surface area contributed by atoms with Gasteiger partial charge in [0.05, 0.1) is 21.5 Å². The normalized spacial score (nSPS) is 11.9. The van der Waals surface area contributed by atoms with Gasteiger partial charge in [-0.05, 0) is 54.8 Å². The smallest absolute Gasteiger partial charge is 0.339 e. The van der Waals surface area contributed by atoms with E-state index in [0.29, 0.717) is 16.4 Å². The molecule has 39 heavy (non-hydrogen) atoms. The van der Waals surface area contributed by atoms with Crippen LogP contribution in [-0.2, 0) is 9.53 Å². The van der Waals surface area contributed by atoms with Gasteiger partial charge in [0.1, 0.15) is 10.8 Å². The molecule has 0 saturated heterocycles. The van der Waals surface area contributed by atoms with Gasteiger partial charge in [0.2, 0.25) is 0 Å². The van der Waals surface area contributed by atoms with Crippen LogP contribution in [0.4, 0.5) is 9.52 Å². The zero-order valence-electron chi connectivity index (χ0n) is 20.6. The summed E-state index contributed by atoms with van der Waals surface area (Å²) >= 11 is 2.78. The summed E-state index contributed by atoms with van der Waals surface area (Å²) < 4.78 is 19.9. The van der Waals surface area contributed by atoms with Gasteiger partial charge in [-0.2, -0.15) is 0 Å². The van der Waals surface area contributed by atoms with Crippen LogP contribution in [0, 0.1) is 5.82 Å². The predicted octanol–water partition coefficient (Wildman–Crippen LogP) is 7.56. The molecule has 1 unspecified atom stereocenters. The van der Waals surface area contributed by atoms with E-state index in [9.17, 15) is 14.0 Å². The number of hydrogen-bond donors (Lipinski definition) is 1. The fraction of sp³-hybridized carbons (Fsp3) is 0.0667. The van der Waals surface area contributed by atoms with Crippen LogP contribution in [0.2, 0.25) is 0 Å². The second-order valence-electron chi connectivity index (χ2n) is 8.78. The average Bonchev–Trinajstić information content (AvgIpc) is 3.60. The van der Waals surface area contributed by atoms with Crippen molar-refractivity contribution in [1.29, 1.82) is 0 Å². The second kappa shape index (κ2) is 10.4. The molecule has 0 saturated carbocycles. The van der Waals surface area contributed by atoms with Crippen molar-refractivity contribution in [3.8, 4) is 21.8 Å². The van der Waals surface area contributed by atoms with E-state index in [2.05, 4.69) is 10.3 Å². The fourth-order valence-electron chi connectivity index (χ4n) is 4.25. The van der Waals surface area contributed by atoms with Crippen LogP contribution in [0.1, 0.15) is 17.3 Å². The maximum Gasteiger partial charge on any atom is 0.339 e.